The number of hydrogen-bond acceptors (Lipinski definition) is 6. The number of nitrogens with zero attached hydrogens (tertiary/aromatic N) is 2. The van der Waals surface area contributed by atoms with Crippen LogP contribution in [0.25, 0.3) is 0 Å². The number of imide groups is 2. The average Bonchev–Trinajstić information content (AvgIpc) is 3.44. The molecule has 0 aromatic heterocycles. The maximum absolute atomic E-state index is 14.4. The number of phenolic OH excluding ortho intramolecular Hbond substituents is 1. The fraction of sp³-hybridized carbons (Fsp3) is 0.333. The summed E-state index contributed by atoms with van der Waals surface area (Å²) in [7, 11) is 0. The number of fused-ring (bicyclic) bond motifs is 4. The first-order valence-corrected chi connectivity index (χ1v) is 16.0. The van der Waals surface area contributed by atoms with E-state index in [-0.39, 0.29) is 52.8 Å². The molecule has 0 bridgehead atoms. The summed E-state index contributed by atoms with van der Waals surface area (Å²) in [4.78, 5) is 57.8. The van der Waals surface area contributed by atoms with Crippen LogP contribution in [0.15, 0.2) is 78.4 Å². The summed E-state index contributed by atoms with van der Waals surface area (Å²) in [5.74, 6) is -11.9. The van der Waals surface area contributed by atoms with Crippen LogP contribution in [0.1, 0.15) is 42.4 Å². The van der Waals surface area contributed by atoms with Crippen LogP contribution < -0.4 is 14.5 Å². The summed E-state index contributed by atoms with van der Waals surface area (Å²) < 4.78 is 127. The van der Waals surface area contributed by atoms with Crippen LogP contribution in [-0.2, 0) is 31.5 Å². The number of halogens is 9. The van der Waals surface area contributed by atoms with Gasteiger partial charge in [0.2, 0.25) is 23.6 Å². The van der Waals surface area contributed by atoms with Gasteiger partial charge in [-0.3, -0.25) is 19.2 Å². The Morgan fingerprint density at radius 1 is 0.736 bits per heavy atom. The van der Waals surface area contributed by atoms with Crippen LogP contribution in [0, 0.1) is 29.1 Å². The van der Waals surface area contributed by atoms with Crippen LogP contribution >= 0.6 is 0 Å². The molecule has 3 fully saturated rings. The first kappa shape index (κ1) is 36.0. The van der Waals surface area contributed by atoms with Gasteiger partial charge in [-0.2, -0.15) is 26.3 Å². The molecule has 1 N–H and O–H groups in total. The van der Waals surface area contributed by atoms with Crippen molar-refractivity contribution >= 4 is 35.0 Å². The van der Waals surface area contributed by atoms with Gasteiger partial charge in [-0.05, 0) is 74.2 Å². The Hall–Kier alpha value is -5.35. The number of anilines is 2. The number of alkyl halides is 9. The quantitative estimate of drug-likeness (QED) is 0.166. The molecule has 4 aliphatic rings. The predicted molar refractivity (Wildman–Crippen MR) is 165 cm³/mol. The first-order chi connectivity index (χ1) is 24.6. The minimum atomic E-state index is -5.29. The number of carbonyl (C=O) groups excluding carboxylic acids is 4. The largest absolute Gasteiger partial charge is 0.573 e. The van der Waals surface area contributed by atoms with Gasteiger partial charge in [-0.1, -0.05) is 29.8 Å². The van der Waals surface area contributed by atoms with Crippen LogP contribution in [0.5, 0.6) is 11.5 Å². The normalized spacial score (nSPS) is 27.4. The minimum Gasteiger partial charge on any atom is -0.508 e. The molecule has 8 nitrogen and oxygen atoms in total. The number of allylic oxidation sites excluding steroid dienone is 2. The summed E-state index contributed by atoms with van der Waals surface area (Å²) in [6, 6.07) is 10.5. The fourth-order valence-electron chi connectivity index (χ4n) is 8.47. The van der Waals surface area contributed by atoms with Crippen molar-refractivity contribution in [3.63, 3.8) is 0 Å². The Bertz CT molecular complexity index is 2060. The number of phenols is 1. The highest BCUT2D eigenvalue weighted by Gasteiger charge is 2.68. The third-order valence-electron chi connectivity index (χ3n) is 10.7. The highest BCUT2D eigenvalue weighted by atomic mass is 19.4. The number of hydrogen-bond donors (Lipinski definition) is 1. The Morgan fingerprint density at radius 3 is 1.94 bits per heavy atom. The average molecular weight is 753 g/mol. The zero-order valence-electron chi connectivity index (χ0n) is 27.0. The van der Waals surface area contributed by atoms with Crippen molar-refractivity contribution in [1.82, 2.24) is 0 Å². The monoisotopic (exact) mass is 752 g/mol. The predicted octanol–water partition coefficient (Wildman–Crippen LogP) is 7.76. The van der Waals surface area contributed by atoms with Crippen molar-refractivity contribution in [3.8, 4) is 11.5 Å². The van der Waals surface area contributed by atoms with E-state index in [0.717, 1.165) is 23.1 Å². The van der Waals surface area contributed by atoms with Crippen molar-refractivity contribution < 1.29 is 68.5 Å². The summed E-state index contributed by atoms with van der Waals surface area (Å²) in [5.41, 5.74) is -6.30. The molecule has 6 atom stereocenters. The molecule has 3 aromatic rings. The number of para-hydroxylation sites is 1. The maximum Gasteiger partial charge on any atom is 0.573 e. The van der Waals surface area contributed by atoms with Crippen molar-refractivity contribution in [3.05, 3.63) is 95.1 Å². The van der Waals surface area contributed by atoms with Crippen molar-refractivity contribution in [2.24, 2.45) is 29.1 Å². The lowest BCUT2D eigenvalue weighted by molar-refractivity contribution is -0.274. The fourth-order valence-corrected chi connectivity index (χ4v) is 8.47. The van der Waals surface area contributed by atoms with E-state index in [0.29, 0.717) is 0 Å². The number of rotatable bonds is 4. The second kappa shape index (κ2) is 11.8. The summed E-state index contributed by atoms with van der Waals surface area (Å²) >= 11 is 0. The molecular weight excluding hydrogens is 727 g/mol. The van der Waals surface area contributed by atoms with E-state index < -0.39 is 106 Å². The Morgan fingerprint density at radius 2 is 1.36 bits per heavy atom. The van der Waals surface area contributed by atoms with Crippen molar-refractivity contribution in [1.29, 1.82) is 0 Å². The molecule has 3 aromatic carbocycles. The summed E-state index contributed by atoms with van der Waals surface area (Å²) in [6.07, 6.45) is -15.0. The van der Waals surface area contributed by atoms with Gasteiger partial charge in [0.25, 0.3) is 0 Å². The van der Waals surface area contributed by atoms with Gasteiger partial charge in [0.05, 0.1) is 45.7 Å². The molecule has 17 heteroatoms. The molecule has 2 aliphatic heterocycles. The molecule has 1 saturated carbocycles. The molecule has 2 heterocycles. The summed E-state index contributed by atoms with van der Waals surface area (Å²) in [6.45, 7) is 1.39. The maximum atomic E-state index is 14.4. The smallest absolute Gasteiger partial charge is 0.508 e. The Kier molecular flexibility index (Phi) is 8.04. The highest BCUT2D eigenvalue weighted by molar-refractivity contribution is 6.25. The lowest BCUT2D eigenvalue weighted by atomic mass is 9.51. The van der Waals surface area contributed by atoms with Crippen LogP contribution in [0.2, 0.25) is 0 Å². The molecule has 278 valence electrons. The molecule has 53 heavy (non-hydrogen) atoms. The lowest BCUT2D eigenvalue weighted by Crippen LogP contribution is -2.49. The van der Waals surface area contributed by atoms with Crippen LogP contribution in [0.4, 0.5) is 50.9 Å². The lowest BCUT2D eigenvalue weighted by Gasteiger charge is -2.49. The van der Waals surface area contributed by atoms with Gasteiger partial charge in [0.15, 0.2) is 0 Å². The van der Waals surface area contributed by atoms with E-state index in [1.807, 2.05) is 0 Å². The molecule has 6 unspecified atom stereocenters. The molecule has 0 radical (unpaired) electrons. The van der Waals surface area contributed by atoms with E-state index in [1.165, 1.54) is 25.1 Å². The van der Waals surface area contributed by atoms with Gasteiger partial charge in [-0.25, -0.2) is 9.80 Å². The zero-order valence-corrected chi connectivity index (χ0v) is 27.0. The van der Waals surface area contributed by atoms with Gasteiger partial charge in [0.1, 0.15) is 11.5 Å². The van der Waals surface area contributed by atoms with Gasteiger partial charge < -0.3 is 9.84 Å². The number of benzene rings is 3. The van der Waals surface area contributed by atoms with E-state index >= 15 is 0 Å². The third-order valence-corrected chi connectivity index (χ3v) is 10.7. The second-order valence-corrected chi connectivity index (χ2v) is 13.5. The topological polar surface area (TPSA) is 104 Å². The van der Waals surface area contributed by atoms with Crippen molar-refractivity contribution in [2.75, 3.05) is 9.80 Å². The van der Waals surface area contributed by atoms with Gasteiger partial charge in [-0.15, -0.1) is 13.2 Å². The number of ether oxygens (including phenoxy) is 1. The Labute approximate surface area is 293 Å². The highest BCUT2D eigenvalue weighted by Crippen LogP contribution is 2.65. The van der Waals surface area contributed by atoms with Gasteiger partial charge >= 0.3 is 18.7 Å². The Balaban J connectivity index is 1.38. The standard InChI is InChI=1S/C36H25F9N2O6/c1-33-25(30(50)47(32(33)52)18-5-3-2-4-6-18)15-23-21(28(33)24-14-20(7-10-26(24)48)53-36(43,44)45)8-9-22-27(23)31(51)46(29(22)49)19-12-16(34(37,38)39)11-17(13-19)35(40,41)42/h2-8,10-14,22-23,25,27-28,48H,9,15H2,1H3. The van der Waals surface area contributed by atoms with Crippen molar-refractivity contribution in [2.45, 2.75) is 44.4 Å². The number of carbonyl (C=O) groups is 4. The first-order valence-electron chi connectivity index (χ1n) is 16.0. The summed E-state index contributed by atoms with van der Waals surface area (Å²) in [5, 5.41) is 11.1. The SMILES string of the molecule is CC12C(=O)N(c3ccccc3)C(=O)C1CC1C(=CCC3C(=O)N(c4cc(C(F)(F)F)cc(C(F)(F)F)c4)C(=O)C31)C2c1cc(OC(F)(F)F)ccc1O. The molecule has 0 spiro atoms. The molecular formula is C36H25F9N2O6. The van der Waals surface area contributed by atoms with E-state index in [9.17, 15) is 63.8 Å². The third kappa shape index (κ3) is 5.71. The number of amides is 4. The van der Waals surface area contributed by atoms with Crippen LogP contribution in [0.3, 0.4) is 0 Å². The molecule has 7 rings (SSSR count). The molecule has 4 amide bonds. The zero-order chi connectivity index (χ0) is 38.6. The molecule has 2 aliphatic carbocycles. The number of aromatic hydroxyl groups is 1. The van der Waals surface area contributed by atoms with E-state index in [1.54, 1.807) is 18.2 Å². The minimum absolute atomic E-state index is 0.147. The second-order valence-electron chi connectivity index (χ2n) is 13.5. The molecule has 2 saturated heterocycles. The van der Waals surface area contributed by atoms with Crippen LogP contribution in [-0.4, -0.2) is 35.1 Å². The van der Waals surface area contributed by atoms with E-state index in [4.69, 9.17) is 0 Å². The van der Waals surface area contributed by atoms with Gasteiger partial charge in [0, 0.05) is 11.5 Å². The van der Waals surface area contributed by atoms with E-state index in [2.05, 4.69) is 4.74 Å².